The fourth-order valence-electron chi connectivity index (χ4n) is 0.602. The molecule has 3 heteroatoms. The van der Waals surface area contributed by atoms with Gasteiger partial charge in [0.2, 0.25) is 5.91 Å². The van der Waals surface area contributed by atoms with Crippen molar-refractivity contribution in [3.05, 3.63) is 0 Å². The number of nitrogens with two attached hydrogens (primary N) is 1. The first-order valence-corrected chi connectivity index (χ1v) is 4.18. The number of primary amides is 1. The molecule has 2 N–H and O–H groups in total. The number of hydrogen-bond acceptors (Lipinski definition) is 2. The van der Waals surface area contributed by atoms with E-state index in [2.05, 4.69) is 0 Å². The molecule has 0 fully saturated rings. The van der Waals surface area contributed by atoms with Crippen molar-refractivity contribution in [2.45, 2.75) is 25.5 Å². The molecule has 0 aliphatic rings. The van der Waals surface area contributed by atoms with Crippen molar-refractivity contribution in [2.75, 3.05) is 5.75 Å². The highest BCUT2D eigenvalue weighted by Crippen LogP contribution is 2.12. The van der Waals surface area contributed by atoms with Crippen molar-refractivity contribution in [3.8, 4) is 0 Å². The fourth-order valence-corrected chi connectivity index (χ4v) is 1.40. The smallest absolute Gasteiger partial charge is 0.230 e. The summed E-state index contributed by atoms with van der Waals surface area (Å²) >= 11 is 1.61. The lowest BCUT2D eigenvalue weighted by atomic mass is 10.3. The SMILES string of the molecule is CCSC(CC)C(N)=O. The van der Waals surface area contributed by atoms with E-state index in [9.17, 15) is 4.79 Å². The van der Waals surface area contributed by atoms with Crippen LogP contribution in [-0.2, 0) is 4.79 Å². The van der Waals surface area contributed by atoms with Gasteiger partial charge in [-0.2, -0.15) is 0 Å². The Labute approximate surface area is 60.2 Å². The summed E-state index contributed by atoms with van der Waals surface area (Å²) in [6, 6.07) is 0. The Kier molecular flexibility index (Phi) is 4.58. The van der Waals surface area contributed by atoms with E-state index in [1.165, 1.54) is 0 Å². The molecular weight excluding hydrogens is 134 g/mol. The molecule has 0 aromatic rings. The van der Waals surface area contributed by atoms with Crippen LogP contribution in [0.25, 0.3) is 0 Å². The molecule has 0 aromatic heterocycles. The summed E-state index contributed by atoms with van der Waals surface area (Å²) in [7, 11) is 0. The summed E-state index contributed by atoms with van der Waals surface area (Å²) in [4.78, 5) is 10.5. The van der Waals surface area contributed by atoms with Crippen LogP contribution in [0, 0.1) is 0 Å². The van der Waals surface area contributed by atoms with Crippen LogP contribution in [0.15, 0.2) is 0 Å². The van der Waals surface area contributed by atoms with Gasteiger partial charge in [-0.3, -0.25) is 4.79 Å². The predicted octanol–water partition coefficient (Wildman–Crippen LogP) is 1.00. The molecule has 0 rings (SSSR count). The molecule has 1 amide bonds. The minimum absolute atomic E-state index is 0.0231. The van der Waals surface area contributed by atoms with E-state index < -0.39 is 0 Å². The minimum atomic E-state index is -0.190. The lowest BCUT2D eigenvalue weighted by molar-refractivity contribution is -0.117. The molecular formula is C6H13NOS. The molecule has 9 heavy (non-hydrogen) atoms. The molecule has 0 saturated heterocycles. The van der Waals surface area contributed by atoms with Crippen molar-refractivity contribution in [3.63, 3.8) is 0 Å². The van der Waals surface area contributed by atoms with Crippen LogP contribution < -0.4 is 5.73 Å². The first-order chi connectivity index (χ1) is 4.22. The second-order valence-corrected chi connectivity index (χ2v) is 3.23. The highest BCUT2D eigenvalue weighted by atomic mass is 32.2. The summed E-state index contributed by atoms with van der Waals surface area (Å²) in [5, 5.41) is 0.0231. The number of thioether (sulfide) groups is 1. The monoisotopic (exact) mass is 147 g/mol. The zero-order valence-corrected chi connectivity index (χ0v) is 6.70. The normalized spacial score (nSPS) is 13.1. The van der Waals surface area contributed by atoms with Crippen LogP contribution in [0.5, 0.6) is 0 Å². The van der Waals surface area contributed by atoms with E-state index in [0.717, 1.165) is 12.2 Å². The molecule has 0 bridgehead atoms. The summed E-state index contributed by atoms with van der Waals surface area (Å²) in [6.45, 7) is 3.99. The zero-order valence-electron chi connectivity index (χ0n) is 5.89. The number of rotatable bonds is 4. The third-order valence-corrected chi connectivity index (χ3v) is 2.36. The Morgan fingerprint density at radius 3 is 2.33 bits per heavy atom. The Morgan fingerprint density at radius 2 is 2.22 bits per heavy atom. The van der Waals surface area contributed by atoms with E-state index >= 15 is 0 Å². The van der Waals surface area contributed by atoms with Crippen LogP contribution in [-0.4, -0.2) is 16.9 Å². The van der Waals surface area contributed by atoms with Gasteiger partial charge in [0, 0.05) is 0 Å². The van der Waals surface area contributed by atoms with E-state index in [0.29, 0.717) is 0 Å². The van der Waals surface area contributed by atoms with Gasteiger partial charge in [-0.05, 0) is 12.2 Å². The van der Waals surface area contributed by atoms with Gasteiger partial charge in [0.25, 0.3) is 0 Å². The van der Waals surface area contributed by atoms with Gasteiger partial charge in [0.1, 0.15) is 0 Å². The molecule has 0 saturated carbocycles. The van der Waals surface area contributed by atoms with Crippen molar-refractivity contribution in [1.82, 2.24) is 0 Å². The maximum atomic E-state index is 10.5. The van der Waals surface area contributed by atoms with E-state index in [1.807, 2.05) is 13.8 Å². The fraction of sp³-hybridized carbons (Fsp3) is 0.833. The first kappa shape index (κ1) is 8.82. The van der Waals surface area contributed by atoms with Crippen LogP contribution >= 0.6 is 11.8 Å². The number of carbonyl (C=O) groups is 1. The maximum absolute atomic E-state index is 10.5. The van der Waals surface area contributed by atoms with Crippen LogP contribution in [0.4, 0.5) is 0 Å². The highest BCUT2D eigenvalue weighted by molar-refractivity contribution is 8.00. The van der Waals surface area contributed by atoms with Gasteiger partial charge < -0.3 is 5.73 Å². The summed E-state index contributed by atoms with van der Waals surface area (Å²) < 4.78 is 0. The lowest BCUT2D eigenvalue weighted by Crippen LogP contribution is -2.24. The van der Waals surface area contributed by atoms with E-state index in [1.54, 1.807) is 11.8 Å². The average Bonchev–Trinajstić information content (AvgIpc) is 1.82. The maximum Gasteiger partial charge on any atom is 0.230 e. The molecule has 0 radical (unpaired) electrons. The number of carbonyl (C=O) groups excluding carboxylic acids is 1. The van der Waals surface area contributed by atoms with Gasteiger partial charge in [-0.25, -0.2) is 0 Å². The molecule has 0 aliphatic heterocycles. The first-order valence-electron chi connectivity index (χ1n) is 3.13. The lowest BCUT2D eigenvalue weighted by Gasteiger charge is -2.06. The Morgan fingerprint density at radius 1 is 1.67 bits per heavy atom. The van der Waals surface area contributed by atoms with Gasteiger partial charge in [-0.1, -0.05) is 13.8 Å². The van der Waals surface area contributed by atoms with Crippen LogP contribution in [0.2, 0.25) is 0 Å². The average molecular weight is 147 g/mol. The Hall–Kier alpha value is -0.180. The van der Waals surface area contributed by atoms with Gasteiger partial charge in [0.15, 0.2) is 0 Å². The second kappa shape index (κ2) is 4.68. The quantitative estimate of drug-likeness (QED) is 0.644. The highest BCUT2D eigenvalue weighted by Gasteiger charge is 2.10. The van der Waals surface area contributed by atoms with Crippen molar-refractivity contribution in [1.29, 1.82) is 0 Å². The largest absolute Gasteiger partial charge is 0.369 e. The second-order valence-electron chi connectivity index (χ2n) is 1.75. The topological polar surface area (TPSA) is 43.1 Å². The van der Waals surface area contributed by atoms with Gasteiger partial charge in [0.05, 0.1) is 5.25 Å². The summed E-state index contributed by atoms with van der Waals surface area (Å²) in [5.74, 6) is 0.769. The molecule has 0 aliphatic carbocycles. The van der Waals surface area contributed by atoms with Gasteiger partial charge >= 0.3 is 0 Å². The molecule has 54 valence electrons. The summed E-state index contributed by atoms with van der Waals surface area (Å²) in [6.07, 6.45) is 0.841. The molecule has 1 unspecified atom stereocenters. The Bertz CT molecular complexity index is 95.1. The molecule has 1 atom stereocenters. The van der Waals surface area contributed by atoms with Crippen molar-refractivity contribution in [2.24, 2.45) is 5.73 Å². The molecule has 0 heterocycles. The predicted molar refractivity (Wildman–Crippen MR) is 41.4 cm³/mol. The summed E-state index contributed by atoms with van der Waals surface area (Å²) in [5.41, 5.74) is 5.07. The van der Waals surface area contributed by atoms with Crippen LogP contribution in [0.1, 0.15) is 20.3 Å². The Balaban J connectivity index is 3.54. The van der Waals surface area contributed by atoms with Crippen molar-refractivity contribution >= 4 is 17.7 Å². The zero-order chi connectivity index (χ0) is 7.28. The third kappa shape index (κ3) is 3.40. The number of hydrogen-bond donors (Lipinski definition) is 1. The van der Waals surface area contributed by atoms with Gasteiger partial charge in [-0.15, -0.1) is 11.8 Å². The molecule has 0 aromatic carbocycles. The standard InChI is InChI=1S/C6H13NOS/c1-3-5(6(7)8)9-4-2/h5H,3-4H2,1-2H3,(H2,7,8). The van der Waals surface area contributed by atoms with Crippen molar-refractivity contribution < 1.29 is 4.79 Å². The molecule has 2 nitrogen and oxygen atoms in total. The number of amides is 1. The van der Waals surface area contributed by atoms with E-state index in [-0.39, 0.29) is 11.2 Å². The minimum Gasteiger partial charge on any atom is -0.369 e. The van der Waals surface area contributed by atoms with Crippen LogP contribution in [0.3, 0.4) is 0 Å². The molecule has 0 spiro atoms. The third-order valence-electron chi connectivity index (χ3n) is 1.06. The van der Waals surface area contributed by atoms with E-state index in [4.69, 9.17) is 5.73 Å².